The van der Waals surface area contributed by atoms with E-state index in [0.717, 1.165) is 12.8 Å². The molecule has 0 fully saturated rings. The Kier molecular flexibility index (Phi) is 7.36. The number of amides is 2. The molecule has 0 spiro atoms. The molecule has 0 saturated heterocycles. The molecule has 0 aromatic heterocycles. The summed E-state index contributed by atoms with van der Waals surface area (Å²) in [7, 11) is 0. The van der Waals surface area contributed by atoms with Crippen molar-refractivity contribution < 1.29 is 19.1 Å². The number of hydrogen-bond acceptors (Lipinski definition) is 4. The monoisotopic (exact) mass is 354 g/mol. The molecule has 0 aliphatic rings. The maximum absolute atomic E-state index is 12.0. The van der Waals surface area contributed by atoms with Crippen LogP contribution in [0.25, 0.3) is 0 Å². The van der Waals surface area contributed by atoms with Crippen LogP contribution in [0, 0.1) is 0 Å². The molecule has 6 heteroatoms. The van der Waals surface area contributed by atoms with Gasteiger partial charge in [0, 0.05) is 19.2 Å². The largest absolute Gasteiger partial charge is 0.452 e. The smallest absolute Gasteiger partial charge is 0.338 e. The molecule has 26 heavy (non-hydrogen) atoms. The Morgan fingerprint density at radius 1 is 1.00 bits per heavy atom. The number of rotatable bonds is 8. The zero-order valence-corrected chi connectivity index (χ0v) is 14.7. The van der Waals surface area contributed by atoms with Gasteiger partial charge < -0.3 is 15.4 Å². The Balaban J connectivity index is 1.69. The van der Waals surface area contributed by atoms with Crippen LogP contribution in [0.15, 0.2) is 54.6 Å². The predicted octanol–water partition coefficient (Wildman–Crippen LogP) is 2.55. The molecular weight excluding hydrogens is 332 g/mol. The molecule has 0 aliphatic heterocycles. The Hall–Kier alpha value is -3.15. The minimum absolute atomic E-state index is 0.231. The fourth-order valence-electron chi connectivity index (χ4n) is 2.36. The summed E-state index contributed by atoms with van der Waals surface area (Å²) in [6, 6.07) is 16.4. The molecule has 0 saturated carbocycles. The molecule has 2 N–H and O–H groups in total. The third-order valence-corrected chi connectivity index (χ3v) is 3.56. The maximum Gasteiger partial charge on any atom is 0.338 e. The van der Waals surface area contributed by atoms with Gasteiger partial charge in [0.25, 0.3) is 5.91 Å². The van der Waals surface area contributed by atoms with Crippen LogP contribution in [0.1, 0.15) is 29.3 Å². The average Bonchev–Trinajstić information content (AvgIpc) is 2.64. The summed E-state index contributed by atoms with van der Waals surface area (Å²) in [5.74, 6) is -1.19. The number of ether oxygens (including phenoxy) is 1. The Labute approximate surface area is 152 Å². The fraction of sp³-hybridized carbons (Fsp3) is 0.250. The van der Waals surface area contributed by atoms with Gasteiger partial charge in [-0.15, -0.1) is 0 Å². The molecular formula is C20H22N2O4. The van der Waals surface area contributed by atoms with Crippen LogP contribution in [0.3, 0.4) is 0 Å². The lowest BCUT2D eigenvalue weighted by molar-refractivity contribution is -0.124. The highest BCUT2D eigenvalue weighted by Gasteiger charge is 2.11. The summed E-state index contributed by atoms with van der Waals surface area (Å²) >= 11 is 0. The van der Waals surface area contributed by atoms with Crippen LogP contribution < -0.4 is 10.6 Å². The van der Waals surface area contributed by atoms with Gasteiger partial charge >= 0.3 is 5.97 Å². The van der Waals surface area contributed by atoms with E-state index in [1.807, 2.05) is 30.3 Å². The lowest BCUT2D eigenvalue weighted by Gasteiger charge is -2.08. The normalized spacial score (nSPS) is 10.0. The first-order valence-electron chi connectivity index (χ1n) is 8.40. The van der Waals surface area contributed by atoms with Gasteiger partial charge in [0.15, 0.2) is 6.61 Å². The van der Waals surface area contributed by atoms with Crippen molar-refractivity contribution in [1.29, 1.82) is 0 Å². The van der Waals surface area contributed by atoms with E-state index in [4.69, 9.17) is 4.74 Å². The first-order valence-corrected chi connectivity index (χ1v) is 8.40. The van der Waals surface area contributed by atoms with E-state index in [1.54, 1.807) is 18.2 Å². The molecule has 6 nitrogen and oxygen atoms in total. The lowest BCUT2D eigenvalue weighted by atomic mass is 10.1. The molecule has 2 aromatic carbocycles. The third-order valence-electron chi connectivity index (χ3n) is 3.56. The van der Waals surface area contributed by atoms with Gasteiger partial charge in [-0.1, -0.05) is 36.4 Å². The van der Waals surface area contributed by atoms with Crippen LogP contribution >= 0.6 is 0 Å². The van der Waals surface area contributed by atoms with Crippen LogP contribution in [0.4, 0.5) is 5.69 Å². The molecule has 0 heterocycles. The zero-order valence-electron chi connectivity index (χ0n) is 14.7. The van der Waals surface area contributed by atoms with E-state index < -0.39 is 5.97 Å². The van der Waals surface area contributed by atoms with E-state index in [0.29, 0.717) is 12.2 Å². The van der Waals surface area contributed by atoms with Crippen molar-refractivity contribution in [2.24, 2.45) is 0 Å². The van der Waals surface area contributed by atoms with Gasteiger partial charge in [-0.05, 0) is 36.6 Å². The molecule has 0 atom stereocenters. The van der Waals surface area contributed by atoms with Crippen molar-refractivity contribution in [3.8, 4) is 0 Å². The predicted molar refractivity (Wildman–Crippen MR) is 98.8 cm³/mol. The summed E-state index contributed by atoms with van der Waals surface area (Å²) in [5.41, 5.74) is 1.98. The summed E-state index contributed by atoms with van der Waals surface area (Å²) in [5, 5.41) is 5.31. The van der Waals surface area contributed by atoms with E-state index in [1.165, 1.54) is 18.6 Å². The molecule has 2 aromatic rings. The highest BCUT2D eigenvalue weighted by atomic mass is 16.5. The second-order valence-corrected chi connectivity index (χ2v) is 5.78. The molecule has 0 bridgehead atoms. The first kappa shape index (κ1) is 19.2. The quantitative estimate of drug-likeness (QED) is 0.564. The van der Waals surface area contributed by atoms with Gasteiger partial charge in [-0.2, -0.15) is 0 Å². The first-order chi connectivity index (χ1) is 12.5. The fourth-order valence-corrected chi connectivity index (χ4v) is 2.36. The lowest BCUT2D eigenvalue weighted by Crippen LogP contribution is -2.29. The number of anilines is 1. The van der Waals surface area contributed by atoms with Gasteiger partial charge in [-0.3, -0.25) is 9.59 Å². The Morgan fingerprint density at radius 2 is 1.77 bits per heavy atom. The van der Waals surface area contributed by atoms with Gasteiger partial charge in [0.1, 0.15) is 0 Å². The van der Waals surface area contributed by atoms with Gasteiger partial charge in [0.2, 0.25) is 5.91 Å². The topological polar surface area (TPSA) is 84.5 Å². The van der Waals surface area contributed by atoms with Gasteiger partial charge in [-0.25, -0.2) is 4.79 Å². The van der Waals surface area contributed by atoms with Crippen molar-refractivity contribution in [2.45, 2.75) is 19.8 Å². The highest BCUT2D eigenvalue weighted by molar-refractivity contribution is 5.94. The number of aryl methyl sites for hydroxylation is 1. The van der Waals surface area contributed by atoms with Gasteiger partial charge in [0.05, 0.1) is 5.56 Å². The number of nitrogens with one attached hydrogen (secondary N) is 2. The highest BCUT2D eigenvalue weighted by Crippen LogP contribution is 2.11. The Bertz CT molecular complexity index is 759. The van der Waals surface area contributed by atoms with Crippen LogP contribution in [-0.4, -0.2) is 30.9 Å². The summed E-state index contributed by atoms with van der Waals surface area (Å²) in [6.07, 6.45) is 1.68. The van der Waals surface area contributed by atoms with E-state index in [9.17, 15) is 14.4 Å². The zero-order chi connectivity index (χ0) is 18.8. The number of hydrogen-bond donors (Lipinski definition) is 2. The number of esters is 1. The van der Waals surface area contributed by atoms with Crippen molar-refractivity contribution >= 4 is 23.5 Å². The van der Waals surface area contributed by atoms with E-state index >= 15 is 0 Å². The van der Waals surface area contributed by atoms with E-state index in [-0.39, 0.29) is 24.0 Å². The van der Waals surface area contributed by atoms with E-state index in [2.05, 4.69) is 10.6 Å². The minimum Gasteiger partial charge on any atom is -0.452 e. The molecule has 136 valence electrons. The second kappa shape index (κ2) is 9.98. The number of benzene rings is 2. The SMILES string of the molecule is CC(=O)Nc1cccc(C(=O)OCC(=O)NCCCc2ccccc2)c1. The minimum atomic E-state index is -0.614. The third kappa shape index (κ3) is 6.76. The van der Waals surface area contributed by atoms with Crippen LogP contribution in [-0.2, 0) is 20.7 Å². The average molecular weight is 354 g/mol. The molecule has 0 radical (unpaired) electrons. The Morgan fingerprint density at radius 3 is 2.50 bits per heavy atom. The summed E-state index contributed by atoms with van der Waals surface area (Å²) in [6.45, 7) is 1.56. The van der Waals surface area contributed by atoms with Crippen LogP contribution in [0.2, 0.25) is 0 Å². The summed E-state index contributed by atoms with van der Waals surface area (Å²) < 4.78 is 5.00. The second-order valence-electron chi connectivity index (χ2n) is 5.78. The maximum atomic E-state index is 12.0. The van der Waals surface area contributed by atoms with Crippen molar-refractivity contribution in [3.05, 3.63) is 65.7 Å². The van der Waals surface area contributed by atoms with Crippen molar-refractivity contribution in [2.75, 3.05) is 18.5 Å². The molecule has 0 aliphatic carbocycles. The van der Waals surface area contributed by atoms with Crippen LogP contribution in [0.5, 0.6) is 0 Å². The molecule has 2 rings (SSSR count). The molecule has 0 unspecified atom stereocenters. The molecule has 2 amide bonds. The van der Waals surface area contributed by atoms with Crippen molar-refractivity contribution in [1.82, 2.24) is 5.32 Å². The standard InChI is InChI=1S/C20H22N2O4/c1-15(23)22-18-11-5-10-17(13-18)20(25)26-14-19(24)21-12-6-9-16-7-3-2-4-8-16/h2-5,7-8,10-11,13H,6,9,12,14H2,1H3,(H,21,24)(H,22,23). The van der Waals surface area contributed by atoms with Crippen molar-refractivity contribution in [3.63, 3.8) is 0 Å². The summed E-state index contributed by atoms with van der Waals surface area (Å²) in [4.78, 5) is 34.8. The number of carbonyl (C=O) groups is 3. The number of carbonyl (C=O) groups excluding carboxylic acids is 3.